The number of hydrogen-bond acceptors (Lipinski definition) is 3. The number of imide groups is 1. The van der Waals surface area contributed by atoms with Crippen LogP contribution in [0.5, 0.6) is 0 Å². The van der Waals surface area contributed by atoms with E-state index in [0.717, 1.165) is 49.1 Å². The predicted octanol–water partition coefficient (Wildman–Crippen LogP) is 3.56. The van der Waals surface area contributed by atoms with Crippen LogP contribution in [0.1, 0.15) is 51.0 Å². The summed E-state index contributed by atoms with van der Waals surface area (Å²) < 4.78 is 0. The van der Waals surface area contributed by atoms with Crippen molar-refractivity contribution in [1.82, 2.24) is 15.1 Å². The van der Waals surface area contributed by atoms with Crippen LogP contribution >= 0.6 is 11.6 Å². The average Bonchev–Trinajstić information content (AvgIpc) is 3.48. The van der Waals surface area contributed by atoms with Crippen molar-refractivity contribution in [3.63, 3.8) is 0 Å². The predicted molar refractivity (Wildman–Crippen MR) is 105 cm³/mol. The first kappa shape index (κ1) is 19.0. The minimum atomic E-state index is -1.20. The Balaban J connectivity index is 1.53. The van der Waals surface area contributed by atoms with Gasteiger partial charge in [0.05, 0.1) is 0 Å². The number of carbonyl (C=O) groups excluding carboxylic acids is 3. The molecule has 4 amide bonds. The van der Waals surface area contributed by atoms with E-state index in [-0.39, 0.29) is 18.5 Å². The minimum absolute atomic E-state index is 0.181. The number of nitrogens with one attached hydrogen (secondary N) is 1. The van der Waals surface area contributed by atoms with E-state index in [4.69, 9.17) is 11.6 Å². The van der Waals surface area contributed by atoms with E-state index in [0.29, 0.717) is 10.6 Å². The number of allylic oxidation sites excluding steroid dienone is 2. The number of urea groups is 1. The Hall–Kier alpha value is -2.34. The second-order valence-corrected chi connectivity index (χ2v) is 8.33. The van der Waals surface area contributed by atoms with Gasteiger partial charge in [0.2, 0.25) is 5.91 Å². The Bertz CT molecular complexity index is 847. The zero-order valence-corrected chi connectivity index (χ0v) is 16.7. The van der Waals surface area contributed by atoms with E-state index < -0.39 is 17.5 Å². The van der Waals surface area contributed by atoms with Crippen LogP contribution in [0.2, 0.25) is 5.02 Å². The molecule has 0 bridgehead atoms. The summed E-state index contributed by atoms with van der Waals surface area (Å²) in [7, 11) is 0. The van der Waals surface area contributed by atoms with Gasteiger partial charge in [-0.1, -0.05) is 29.8 Å². The van der Waals surface area contributed by atoms with Crippen molar-refractivity contribution in [2.24, 2.45) is 0 Å². The van der Waals surface area contributed by atoms with Crippen LogP contribution < -0.4 is 5.32 Å². The van der Waals surface area contributed by atoms with Crippen molar-refractivity contribution in [2.75, 3.05) is 6.54 Å². The van der Waals surface area contributed by atoms with Gasteiger partial charge < -0.3 is 10.2 Å². The molecule has 148 valence electrons. The van der Waals surface area contributed by atoms with Crippen molar-refractivity contribution in [1.29, 1.82) is 0 Å². The molecule has 0 unspecified atom stereocenters. The molecule has 2 fully saturated rings. The van der Waals surface area contributed by atoms with Crippen LogP contribution in [0.3, 0.4) is 0 Å². The Morgan fingerprint density at radius 1 is 1.25 bits per heavy atom. The molecule has 1 N–H and O–H groups in total. The topological polar surface area (TPSA) is 69.7 Å². The highest BCUT2D eigenvalue weighted by Gasteiger charge is 2.50. The first-order valence-electron chi connectivity index (χ1n) is 9.81. The molecule has 1 aliphatic heterocycles. The van der Waals surface area contributed by atoms with Gasteiger partial charge in [-0.25, -0.2) is 4.79 Å². The Kier molecular flexibility index (Phi) is 4.91. The third-order valence-electron chi connectivity index (χ3n) is 5.75. The number of hydrogen-bond donors (Lipinski definition) is 1. The standard InChI is InChI=1S/C21H24ClN3O3/c1-21(14-7-9-15(22)10-8-14)19(27)24(20(28)23-21)13-18(26)25(17-11-12-17)16-5-3-2-4-6-16/h5,7-10,17H,2-4,6,11-13H2,1H3,(H,23,28)/t21-/m0/s1. The summed E-state index contributed by atoms with van der Waals surface area (Å²) in [5, 5.41) is 3.30. The average molecular weight is 402 g/mol. The molecule has 3 aliphatic rings. The lowest BCUT2D eigenvalue weighted by Crippen LogP contribution is -2.45. The molecule has 1 aromatic carbocycles. The molecular weight excluding hydrogens is 378 g/mol. The molecule has 1 saturated heterocycles. The summed E-state index contributed by atoms with van der Waals surface area (Å²) in [5.41, 5.74) is 0.488. The van der Waals surface area contributed by atoms with Gasteiger partial charge in [0.15, 0.2) is 0 Å². The maximum Gasteiger partial charge on any atom is 0.325 e. The molecule has 0 aromatic heterocycles. The number of amides is 4. The van der Waals surface area contributed by atoms with E-state index in [1.807, 2.05) is 4.90 Å². The van der Waals surface area contributed by atoms with Gasteiger partial charge in [-0.15, -0.1) is 0 Å². The number of rotatable bonds is 5. The second-order valence-electron chi connectivity index (χ2n) is 7.89. The van der Waals surface area contributed by atoms with Gasteiger partial charge >= 0.3 is 6.03 Å². The summed E-state index contributed by atoms with van der Waals surface area (Å²) in [6.07, 6.45) is 8.15. The van der Waals surface area contributed by atoms with Crippen LogP contribution in [0, 0.1) is 0 Å². The lowest BCUT2D eigenvalue weighted by atomic mass is 9.92. The van der Waals surface area contributed by atoms with Crippen molar-refractivity contribution < 1.29 is 14.4 Å². The number of benzene rings is 1. The summed E-state index contributed by atoms with van der Waals surface area (Å²) >= 11 is 5.93. The van der Waals surface area contributed by atoms with E-state index in [9.17, 15) is 14.4 Å². The highest BCUT2D eigenvalue weighted by molar-refractivity contribution is 6.30. The zero-order chi connectivity index (χ0) is 19.9. The fraction of sp³-hybridized carbons (Fsp3) is 0.476. The van der Waals surface area contributed by atoms with Gasteiger partial charge in [0.1, 0.15) is 12.1 Å². The number of carbonyl (C=O) groups is 3. The maximum atomic E-state index is 13.1. The van der Waals surface area contributed by atoms with E-state index in [2.05, 4.69) is 11.4 Å². The highest BCUT2D eigenvalue weighted by atomic mass is 35.5. The Labute approximate surface area is 169 Å². The molecule has 2 aliphatic carbocycles. The van der Waals surface area contributed by atoms with Crippen LogP contribution in [0.15, 0.2) is 36.0 Å². The number of nitrogens with zero attached hydrogens (tertiary/aromatic N) is 2. The molecule has 28 heavy (non-hydrogen) atoms. The molecule has 4 rings (SSSR count). The fourth-order valence-electron chi connectivity index (χ4n) is 4.00. The Morgan fingerprint density at radius 3 is 2.57 bits per heavy atom. The van der Waals surface area contributed by atoms with Crippen molar-refractivity contribution in [2.45, 2.75) is 57.0 Å². The lowest BCUT2D eigenvalue weighted by Gasteiger charge is -2.29. The van der Waals surface area contributed by atoms with Crippen LogP contribution in [-0.4, -0.2) is 40.2 Å². The quantitative estimate of drug-likeness (QED) is 0.767. The monoisotopic (exact) mass is 401 g/mol. The maximum absolute atomic E-state index is 13.1. The molecule has 1 atom stereocenters. The van der Waals surface area contributed by atoms with Gasteiger partial charge in [0, 0.05) is 16.8 Å². The first-order valence-corrected chi connectivity index (χ1v) is 10.2. The summed E-state index contributed by atoms with van der Waals surface area (Å²) in [5.74, 6) is -0.596. The second kappa shape index (κ2) is 7.24. The van der Waals surface area contributed by atoms with Crippen molar-refractivity contribution in [3.8, 4) is 0 Å². The van der Waals surface area contributed by atoms with E-state index in [1.165, 1.54) is 0 Å². The van der Waals surface area contributed by atoms with Gasteiger partial charge in [-0.3, -0.25) is 14.5 Å². The molecule has 1 aromatic rings. The molecule has 0 spiro atoms. The van der Waals surface area contributed by atoms with Gasteiger partial charge in [-0.2, -0.15) is 0 Å². The summed E-state index contributed by atoms with van der Waals surface area (Å²) in [6.45, 7) is 1.42. The zero-order valence-electron chi connectivity index (χ0n) is 15.9. The van der Waals surface area contributed by atoms with Gasteiger partial charge in [-0.05, 0) is 63.1 Å². The molecule has 1 saturated carbocycles. The molecule has 6 nitrogen and oxygen atoms in total. The molecular formula is C21H24ClN3O3. The SMILES string of the molecule is C[C@@]1(c2ccc(Cl)cc2)NC(=O)N(CC(=O)N(C2=CCCCC2)C2CC2)C1=O. The molecule has 0 radical (unpaired) electrons. The van der Waals surface area contributed by atoms with Crippen molar-refractivity contribution in [3.05, 3.63) is 46.6 Å². The minimum Gasteiger partial charge on any atom is -0.319 e. The molecule has 7 heteroatoms. The van der Waals surface area contributed by atoms with E-state index in [1.54, 1.807) is 31.2 Å². The van der Waals surface area contributed by atoms with E-state index >= 15 is 0 Å². The molecule has 1 heterocycles. The third kappa shape index (κ3) is 3.41. The first-order chi connectivity index (χ1) is 13.4. The number of halogens is 1. The van der Waals surface area contributed by atoms with Gasteiger partial charge in [0.25, 0.3) is 5.91 Å². The largest absolute Gasteiger partial charge is 0.325 e. The fourth-order valence-corrected chi connectivity index (χ4v) is 4.13. The normalized spacial score (nSPS) is 24.8. The smallest absolute Gasteiger partial charge is 0.319 e. The Morgan fingerprint density at radius 2 is 1.96 bits per heavy atom. The lowest BCUT2D eigenvalue weighted by molar-refractivity contribution is -0.138. The van der Waals surface area contributed by atoms with Crippen LogP contribution in [0.25, 0.3) is 0 Å². The van der Waals surface area contributed by atoms with Crippen LogP contribution in [-0.2, 0) is 15.1 Å². The van der Waals surface area contributed by atoms with Crippen molar-refractivity contribution >= 4 is 29.4 Å². The third-order valence-corrected chi connectivity index (χ3v) is 6.00. The summed E-state index contributed by atoms with van der Waals surface area (Å²) in [6, 6.07) is 6.47. The van der Waals surface area contributed by atoms with Crippen LogP contribution in [0.4, 0.5) is 4.79 Å². The highest BCUT2D eigenvalue weighted by Crippen LogP contribution is 2.35. The summed E-state index contributed by atoms with van der Waals surface area (Å²) in [4.78, 5) is 41.5.